The third kappa shape index (κ3) is 8.86. The Kier molecular flexibility index (Phi) is 10.6. The lowest BCUT2D eigenvalue weighted by atomic mass is 9.93. The molecule has 0 aromatic heterocycles. The van der Waals surface area contributed by atoms with Gasteiger partial charge in [0.2, 0.25) is 0 Å². The molecule has 0 radical (unpaired) electrons. The fourth-order valence-electron chi connectivity index (χ4n) is 2.36. The van der Waals surface area contributed by atoms with Crippen LogP contribution in [0.1, 0.15) is 47.5 Å². The minimum atomic E-state index is 0. The average Bonchev–Trinajstić information content (AvgIpc) is 2.72. The van der Waals surface area contributed by atoms with Gasteiger partial charge in [-0.1, -0.05) is 27.7 Å². The van der Waals surface area contributed by atoms with Crippen molar-refractivity contribution in [3.8, 4) is 0 Å². The number of ether oxygens (including phenoxy) is 1. The Morgan fingerprint density at radius 2 is 2.05 bits per heavy atom. The Morgan fingerprint density at radius 1 is 1.33 bits per heavy atom. The minimum absolute atomic E-state index is 0. The van der Waals surface area contributed by atoms with Gasteiger partial charge in [0.05, 0.1) is 13.2 Å². The monoisotopic (exact) mass is 411 g/mol. The van der Waals surface area contributed by atoms with Gasteiger partial charge in [-0.05, 0) is 31.1 Å². The first-order valence-corrected chi connectivity index (χ1v) is 8.05. The fraction of sp³-hybridized carbons (Fsp3) is 0.938. The van der Waals surface area contributed by atoms with Crippen molar-refractivity contribution in [2.75, 3.05) is 39.4 Å². The molecule has 1 rings (SSSR count). The molecule has 1 aliphatic rings. The van der Waals surface area contributed by atoms with E-state index in [4.69, 9.17) is 4.74 Å². The lowest BCUT2D eigenvalue weighted by Gasteiger charge is -2.23. The zero-order chi connectivity index (χ0) is 15.0. The van der Waals surface area contributed by atoms with Crippen LogP contribution in [-0.2, 0) is 4.74 Å². The van der Waals surface area contributed by atoms with Crippen LogP contribution in [0.15, 0.2) is 4.99 Å². The minimum Gasteiger partial charge on any atom is -0.380 e. The maximum atomic E-state index is 5.62. The number of hydrogen-bond donors (Lipinski definition) is 1. The van der Waals surface area contributed by atoms with E-state index in [0.717, 1.165) is 51.8 Å². The molecule has 0 unspecified atom stereocenters. The molecule has 1 heterocycles. The van der Waals surface area contributed by atoms with Crippen LogP contribution in [0.4, 0.5) is 0 Å². The molecule has 0 spiro atoms. The Morgan fingerprint density at radius 3 is 2.57 bits per heavy atom. The molecule has 0 aromatic carbocycles. The van der Waals surface area contributed by atoms with Crippen molar-refractivity contribution >= 4 is 29.9 Å². The summed E-state index contributed by atoms with van der Waals surface area (Å²) in [5, 5.41) is 3.39. The molecular formula is C16H34IN3O. The van der Waals surface area contributed by atoms with Gasteiger partial charge in [0.25, 0.3) is 0 Å². The number of nitrogens with one attached hydrogen (secondary N) is 1. The number of halogens is 1. The number of guanidine groups is 1. The topological polar surface area (TPSA) is 36.9 Å². The van der Waals surface area contributed by atoms with Crippen molar-refractivity contribution in [3.63, 3.8) is 0 Å². The van der Waals surface area contributed by atoms with Gasteiger partial charge < -0.3 is 15.0 Å². The van der Waals surface area contributed by atoms with E-state index < -0.39 is 0 Å². The fourth-order valence-corrected chi connectivity index (χ4v) is 2.36. The van der Waals surface area contributed by atoms with Crippen LogP contribution < -0.4 is 5.32 Å². The summed E-state index contributed by atoms with van der Waals surface area (Å²) in [5.74, 6) is 1.76. The molecule has 1 fully saturated rings. The van der Waals surface area contributed by atoms with Crippen LogP contribution in [0.5, 0.6) is 0 Å². The van der Waals surface area contributed by atoms with Crippen LogP contribution in [0.25, 0.3) is 0 Å². The highest BCUT2D eigenvalue weighted by molar-refractivity contribution is 14.0. The van der Waals surface area contributed by atoms with Gasteiger partial charge in [-0.25, -0.2) is 0 Å². The van der Waals surface area contributed by atoms with Gasteiger partial charge in [-0.2, -0.15) is 0 Å². The van der Waals surface area contributed by atoms with E-state index in [1.54, 1.807) is 0 Å². The van der Waals surface area contributed by atoms with E-state index in [-0.39, 0.29) is 24.0 Å². The summed E-state index contributed by atoms with van der Waals surface area (Å²) in [6.45, 7) is 16.6. The predicted octanol–water partition coefficient (Wildman–Crippen LogP) is 3.36. The molecule has 0 saturated carbocycles. The molecule has 0 atom stereocenters. The third-order valence-electron chi connectivity index (χ3n) is 3.65. The normalized spacial score (nSPS) is 18.0. The van der Waals surface area contributed by atoms with E-state index in [1.165, 1.54) is 6.42 Å². The highest BCUT2D eigenvalue weighted by atomic mass is 127. The SMILES string of the molecule is CCNC(=NCCOCCC(C)C)N1CCC(C)(C)C1.I. The molecule has 1 aliphatic heterocycles. The lowest BCUT2D eigenvalue weighted by Crippen LogP contribution is -2.41. The summed E-state index contributed by atoms with van der Waals surface area (Å²) in [4.78, 5) is 7.06. The van der Waals surface area contributed by atoms with Crippen LogP contribution in [0.2, 0.25) is 0 Å². The number of aliphatic imine (C=N–C) groups is 1. The molecular weight excluding hydrogens is 377 g/mol. The van der Waals surface area contributed by atoms with E-state index in [0.29, 0.717) is 11.3 Å². The highest BCUT2D eigenvalue weighted by Crippen LogP contribution is 2.28. The summed E-state index contributed by atoms with van der Waals surface area (Å²) in [6, 6.07) is 0. The van der Waals surface area contributed by atoms with Crippen molar-refractivity contribution < 1.29 is 4.74 Å². The zero-order valence-electron chi connectivity index (χ0n) is 14.4. The third-order valence-corrected chi connectivity index (χ3v) is 3.65. The first kappa shape index (κ1) is 21.0. The van der Waals surface area contributed by atoms with Gasteiger partial charge in [0.15, 0.2) is 5.96 Å². The Balaban J connectivity index is 0.00000400. The van der Waals surface area contributed by atoms with E-state index in [2.05, 4.69) is 49.8 Å². The largest absolute Gasteiger partial charge is 0.380 e. The van der Waals surface area contributed by atoms with Crippen molar-refractivity contribution in [1.29, 1.82) is 0 Å². The Bertz CT molecular complexity index is 306. The molecule has 5 heteroatoms. The maximum absolute atomic E-state index is 5.62. The molecule has 0 amide bonds. The van der Waals surface area contributed by atoms with Crippen LogP contribution in [0.3, 0.4) is 0 Å². The molecule has 0 bridgehead atoms. The van der Waals surface area contributed by atoms with Gasteiger partial charge in [0.1, 0.15) is 0 Å². The van der Waals surface area contributed by atoms with Gasteiger partial charge in [-0.3, -0.25) is 4.99 Å². The number of likely N-dealkylation sites (tertiary alicyclic amines) is 1. The summed E-state index contributed by atoms with van der Waals surface area (Å²) in [5.41, 5.74) is 0.407. The smallest absolute Gasteiger partial charge is 0.194 e. The highest BCUT2D eigenvalue weighted by Gasteiger charge is 2.30. The average molecular weight is 411 g/mol. The summed E-state index contributed by atoms with van der Waals surface area (Å²) in [7, 11) is 0. The summed E-state index contributed by atoms with van der Waals surface area (Å²) in [6.07, 6.45) is 2.37. The van der Waals surface area contributed by atoms with Crippen molar-refractivity contribution in [2.24, 2.45) is 16.3 Å². The second-order valence-electron chi connectivity index (χ2n) is 6.87. The van der Waals surface area contributed by atoms with Gasteiger partial charge in [-0.15, -0.1) is 24.0 Å². The van der Waals surface area contributed by atoms with Crippen molar-refractivity contribution in [1.82, 2.24) is 10.2 Å². The predicted molar refractivity (Wildman–Crippen MR) is 102 cm³/mol. The standard InChI is InChI=1S/C16H33N3O.HI/c1-6-17-15(19-10-8-16(4,5)13-19)18-9-12-20-11-7-14(2)3;/h14H,6-13H2,1-5H3,(H,17,18);1H. The zero-order valence-corrected chi connectivity index (χ0v) is 16.8. The number of nitrogens with zero attached hydrogens (tertiary/aromatic N) is 2. The molecule has 0 aliphatic carbocycles. The maximum Gasteiger partial charge on any atom is 0.194 e. The molecule has 1 N–H and O–H groups in total. The molecule has 21 heavy (non-hydrogen) atoms. The molecule has 1 saturated heterocycles. The second-order valence-corrected chi connectivity index (χ2v) is 6.87. The van der Waals surface area contributed by atoms with Gasteiger partial charge >= 0.3 is 0 Å². The summed E-state index contributed by atoms with van der Waals surface area (Å²) >= 11 is 0. The van der Waals surface area contributed by atoms with Crippen molar-refractivity contribution in [2.45, 2.75) is 47.5 Å². The van der Waals surface area contributed by atoms with Crippen LogP contribution in [0, 0.1) is 11.3 Å². The van der Waals surface area contributed by atoms with E-state index in [1.807, 2.05) is 0 Å². The first-order chi connectivity index (χ1) is 9.44. The Labute approximate surface area is 148 Å². The van der Waals surface area contributed by atoms with Crippen LogP contribution in [-0.4, -0.2) is 50.3 Å². The van der Waals surface area contributed by atoms with E-state index >= 15 is 0 Å². The number of hydrogen-bond acceptors (Lipinski definition) is 2. The van der Waals surface area contributed by atoms with E-state index in [9.17, 15) is 0 Å². The van der Waals surface area contributed by atoms with Crippen molar-refractivity contribution in [3.05, 3.63) is 0 Å². The second kappa shape index (κ2) is 10.6. The first-order valence-electron chi connectivity index (χ1n) is 8.05. The summed E-state index contributed by atoms with van der Waals surface area (Å²) < 4.78 is 5.62. The molecule has 0 aromatic rings. The van der Waals surface area contributed by atoms with Crippen LogP contribution >= 0.6 is 24.0 Å². The quantitative estimate of drug-likeness (QED) is 0.302. The van der Waals surface area contributed by atoms with Gasteiger partial charge in [0, 0.05) is 26.2 Å². The lowest BCUT2D eigenvalue weighted by molar-refractivity contribution is 0.130. The number of rotatable bonds is 7. The molecule has 126 valence electrons. The Hall–Kier alpha value is -0.0400. The molecule has 4 nitrogen and oxygen atoms in total.